The largest absolute Gasteiger partial charge is 0.335 e. The summed E-state index contributed by atoms with van der Waals surface area (Å²) in [6.45, 7) is 1.70. The van der Waals surface area contributed by atoms with E-state index in [1.165, 1.54) is 24.5 Å². The summed E-state index contributed by atoms with van der Waals surface area (Å²) in [4.78, 5) is 32.5. The fourth-order valence-corrected chi connectivity index (χ4v) is 3.20. The van der Waals surface area contributed by atoms with Gasteiger partial charge in [0, 0.05) is 37.3 Å². The van der Waals surface area contributed by atoms with Crippen molar-refractivity contribution in [3.63, 3.8) is 0 Å². The van der Waals surface area contributed by atoms with E-state index >= 15 is 0 Å². The Morgan fingerprint density at radius 3 is 2.07 bits per heavy atom. The minimum Gasteiger partial charge on any atom is -0.335 e. The molecule has 4 rings (SSSR count). The highest BCUT2D eigenvalue weighted by Crippen LogP contribution is 2.14. The second kappa shape index (κ2) is 7.59. The Morgan fingerprint density at radius 1 is 0.857 bits per heavy atom. The molecule has 7 nitrogen and oxygen atoms in total. The van der Waals surface area contributed by atoms with Crippen LogP contribution in [0.5, 0.6) is 0 Å². The Hall–Kier alpha value is -3.55. The van der Waals surface area contributed by atoms with Crippen molar-refractivity contribution in [3.05, 3.63) is 78.1 Å². The number of amides is 2. The highest BCUT2D eigenvalue weighted by Gasteiger charge is 2.25. The first-order valence-electron chi connectivity index (χ1n) is 8.91. The number of hydrogen-bond donors (Lipinski definition) is 0. The number of halogens is 1. The zero-order chi connectivity index (χ0) is 19.5. The van der Waals surface area contributed by atoms with Crippen LogP contribution in [-0.2, 0) is 0 Å². The van der Waals surface area contributed by atoms with E-state index in [2.05, 4.69) is 10.1 Å². The Kier molecular flexibility index (Phi) is 4.84. The SMILES string of the molecule is O=C(c1ccc(-n2cncn2)cc1)N1CCN(C(=O)c2cccc(F)c2)CC1. The number of piperazine rings is 1. The number of aromatic nitrogens is 3. The van der Waals surface area contributed by atoms with Crippen LogP contribution in [0.25, 0.3) is 5.69 Å². The first-order valence-corrected chi connectivity index (χ1v) is 8.91. The van der Waals surface area contributed by atoms with Crippen molar-refractivity contribution in [1.29, 1.82) is 0 Å². The summed E-state index contributed by atoms with van der Waals surface area (Å²) < 4.78 is 15.0. The average molecular weight is 379 g/mol. The number of benzene rings is 2. The molecule has 2 heterocycles. The normalized spacial score (nSPS) is 14.2. The van der Waals surface area contributed by atoms with Crippen molar-refractivity contribution in [2.24, 2.45) is 0 Å². The highest BCUT2D eigenvalue weighted by atomic mass is 19.1. The first kappa shape index (κ1) is 17.8. The minimum absolute atomic E-state index is 0.0806. The summed E-state index contributed by atoms with van der Waals surface area (Å²) in [5.74, 6) is -0.735. The molecule has 0 N–H and O–H groups in total. The summed E-state index contributed by atoms with van der Waals surface area (Å²) in [5.41, 5.74) is 1.72. The van der Waals surface area contributed by atoms with Crippen LogP contribution in [0, 0.1) is 5.82 Å². The van der Waals surface area contributed by atoms with Crippen molar-refractivity contribution >= 4 is 11.8 Å². The van der Waals surface area contributed by atoms with Crippen LogP contribution in [-0.4, -0.2) is 62.6 Å². The van der Waals surface area contributed by atoms with Gasteiger partial charge in [0.1, 0.15) is 18.5 Å². The molecule has 0 atom stereocenters. The summed E-state index contributed by atoms with van der Waals surface area (Å²) in [6.07, 6.45) is 3.04. The molecule has 0 unspecified atom stereocenters. The molecule has 2 amide bonds. The zero-order valence-corrected chi connectivity index (χ0v) is 15.0. The predicted molar refractivity (Wildman–Crippen MR) is 99.6 cm³/mol. The van der Waals surface area contributed by atoms with Crippen molar-refractivity contribution in [2.75, 3.05) is 26.2 Å². The molecule has 1 fully saturated rings. The number of nitrogens with zero attached hydrogens (tertiary/aromatic N) is 5. The summed E-state index contributed by atoms with van der Waals surface area (Å²) >= 11 is 0. The molecule has 0 radical (unpaired) electrons. The number of hydrogen-bond acceptors (Lipinski definition) is 4. The molecule has 3 aromatic rings. The number of carbonyl (C=O) groups is 2. The van der Waals surface area contributed by atoms with Gasteiger partial charge in [-0.2, -0.15) is 5.10 Å². The van der Waals surface area contributed by atoms with Crippen LogP contribution < -0.4 is 0 Å². The minimum atomic E-state index is -0.436. The van der Waals surface area contributed by atoms with Gasteiger partial charge in [0.2, 0.25) is 0 Å². The monoisotopic (exact) mass is 379 g/mol. The summed E-state index contributed by atoms with van der Waals surface area (Å²) in [7, 11) is 0. The van der Waals surface area contributed by atoms with Crippen molar-refractivity contribution < 1.29 is 14.0 Å². The van der Waals surface area contributed by atoms with Crippen molar-refractivity contribution in [2.45, 2.75) is 0 Å². The smallest absolute Gasteiger partial charge is 0.254 e. The number of rotatable bonds is 3. The van der Waals surface area contributed by atoms with Gasteiger partial charge in [0.05, 0.1) is 5.69 Å². The Morgan fingerprint density at radius 2 is 1.50 bits per heavy atom. The third-order valence-corrected chi connectivity index (χ3v) is 4.72. The first-order chi connectivity index (χ1) is 13.6. The van der Waals surface area contributed by atoms with Crippen LogP contribution in [0.4, 0.5) is 4.39 Å². The molecule has 8 heteroatoms. The Balaban J connectivity index is 1.38. The summed E-state index contributed by atoms with van der Waals surface area (Å²) in [5, 5.41) is 4.06. The predicted octanol–water partition coefficient (Wildman–Crippen LogP) is 2.00. The maximum atomic E-state index is 13.3. The lowest BCUT2D eigenvalue weighted by molar-refractivity contribution is 0.0535. The van der Waals surface area contributed by atoms with Gasteiger partial charge < -0.3 is 9.80 Å². The van der Waals surface area contributed by atoms with Gasteiger partial charge in [-0.05, 0) is 42.5 Å². The lowest BCUT2D eigenvalue weighted by atomic mass is 10.1. The van der Waals surface area contributed by atoms with Crippen LogP contribution in [0.15, 0.2) is 61.2 Å². The van der Waals surface area contributed by atoms with Crippen molar-refractivity contribution in [1.82, 2.24) is 24.6 Å². The van der Waals surface area contributed by atoms with Crippen LogP contribution in [0.1, 0.15) is 20.7 Å². The molecule has 0 saturated carbocycles. The van der Waals surface area contributed by atoms with Crippen LogP contribution in [0.3, 0.4) is 0 Å². The van der Waals surface area contributed by atoms with Gasteiger partial charge in [0.25, 0.3) is 11.8 Å². The van der Waals surface area contributed by atoms with Gasteiger partial charge in [-0.1, -0.05) is 6.07 Å². The Labute approximate surface area is 161 Å². The molecule has 2 aromatic carbocycles. The molecular formula is C20H18FN5O2. The van der Waals surface area contributed by atoms with Gasteiger partial charge in [-0.25, -0.2) is 14.1 Å². The summed E-state index contributed by atoms with van der Waals surface area (Å²) in [6, 6.07) is 12.8. The third-order valence-electron chi connectivity index (χ3n) is 4.72. The average Bonchev–Trinajstić information content (AvgIpc) is 3.28. The standard InChI is InChI=1S/C20H18FN5O2/c21-17-3-1-2-16(12-17)20(28)25-10-8-24(9-11-25)19(27)15-4-6-18(7-5-15)26-14-22-13-23-26/h1-7,12-14H,8-11H2. The van der Waals surface area contributed by atoms with Gasteiger partial charge in [0.15, 0.2) is 0 Å². The van der Waals surface area contributed by atoms with Crippen LogP contribution >= 0.6 is 0 Å². The van der Waals surface area contributed by atoms with E-state index in [4.69, 9.17) is 0 Å². The molecule has 0 bridgehead atoms. The van der Waals surface area contributed by atoms with Crippen LogP contribution in [0.2, 0.25) is 0 Å². The van der Waals surface area contributed by atoms with Gasteiger partial charge in [-0.3, -0.25) is 9.59 Å². The number of carbonyl (C=O) groups excluding carboxylic acids is 2. The van der Waals surface area contributed by atoms with E-state index in [0.717, 1.165) is 5.69 Å². The Bertz CT molecular complexity index is 980. The van der Waals surface area contributed by atoms with E-state index in [9.17, 15) is 14.0 Å². The fraction of sp³-hybridized carbons (Fsp3) is 0.200. The van der Waals surface area contributed by atoms with E-state index in [-0.39, 0.29) is 11.8 Å². The quantitative estimate of drug-likeness (QED) is 0.698. The molecule has 1 aromatic heterocycles. The van der Waals surface area contributed by atoms with E-state index in [1.807, 2.05) is 12.1 Å². The molecule has 0 aliphatic carbocycles. The molecule has 1 aliphatic heterocycles. The lowest BCUT2D eigenvalue weighted by Crippen LogP contribution is -2.50. The van der Waals surface area contributed by atoms with Gasteiger partial charge >= 0.3 is 0 Å². The maximum absolute atomic E-state index is 13.3. The topological polar surface area (TPSA) is 71.3 Å². The van der Waals surface area contributed by atoms with E-state index in [1.54, 1.807) is 39.0 Å². The molecular weight excluding hydrogens is 361 g/mol. The fourth-order valence-electron chi connectivity index (χ4n) is 3.20. The maximum Gasteiger partial charge on any atom is 0.254 e. The molecule has 1 saturated heterocycles. The van der Waals surface area contributed by atoms with Gasteiger partial charge in [-0.15, -0.1) is 0 Å². The molecule has 142 valence electrons. The van der Waals surface area contributed by atoms with E-state index < -0.39 is 5.82 Å². The second-order valence-corrected chi connectivity index (χ2v) is 6.48. The van der Waals surface area contributed by atoms with Crippen molar-refractivity contribution in [3.8, 4) is 5.69 Å². The highest BCUT2D eigenvalue weighted by molar-refractivity contribution is 5.96. The van der Waals surface area contributed by atoms with E-state index in [0.29, 0.717) is 37.3 Å². The molecule has 28 heavy (non-hydrogen) atoms. The molecule has 1 aliphatic rings. The second-order valence-electron chi connectivity index (χ2n) is 6.48. The third kappa shape index (κ3) is 3.62. The zero-order valence-electron chi connectivity index (χ0n) is 15.0. The lowest BCUT2D eigenvalue weighted by Gasteiger charge is -2.35. The molecule has 0 spiro atoms.